The van der Waals surface area contributed by atoms with E-state index in [1.54, 1.807) is 11.3 Å². The lowest BCUT2D eigenvalue weighted by atomic mass is 10.1. The van der Waals surface area contributed by atoms with Gasteiger partial charge in [-0.05, 0) is 30.4 Å². The highest BCUT2D eigenvalue weighted by atomic mass is 32.1. The molecule has 1 heterocycles. The molecule has 0 saturated carbocycles. The van der Waals surface area contributed by atoms with Crippen LogP contribution in [0.2, 0.25) is 0 Å². The third-order valence-corrected chi connectivity index (χ3v) is 3.68. The van der Waals surface area contributed by atoms with Gasteiger partial charge < -0.3 is 5.41 Å². The molecule has 0 atom stereocenters. The summed E-state index contributed by atoms with van der Waals surface area (Å²) in [7, 11) is 0. The molecule has 0 aliphatic carbocycles. The molecule has 2 aromatic rings. The summed E-state index contributed by atoms with van der Waals surface area (Å²) >= 11 is 1.73. The Morgan fingerprint density at radius 3 is 2.87 bits per heavy atom. The van der Waals surface area contributed by atoms with Gasteiger partial charge in [-0.15, -0.1) is 11.3 Å². The van der Waals surface area contributed by atoms with E-state index in [9.17, 15) is 0 Å². The van der Waals surface area contributed by atoms with Crippen molar-refractivity contribution in [3.05, 3.63) is 35.2 Å². The summed E-state index contributed by atoms with van der Waals surface area (Å²) in [6.45, 7) is 2.16. The number of hydrogen-bond donors (Lipinski definition) is 1. The number of unbranched alkanes of at least 4 members (excludes halogenated alkanes) is 1. The molecular formula is C13H15NS. The van der Waals surface area contributed by atoms with Gasteiger partial charge in [0.1, 0.15) is 0 Å². The van der Waals surface area contributed by atoms with Crippen molar-refractivity contribution in [1.29, 1.82) is 5.41 Å². The lowest BCUT2D eigenvalue weighted by Crippen LogP contribution is -1.94. The highest BCUT2D eigenvalue weighted by Crippen LogP contribution is 2.26. The molecule has 2 heteroatoms. The maximum Gasteiger partial charge on any atom is 0.0490 e. The van der Waals surface area contributed by atoms with Crippen molar-refractivity contribution in [3.8, 4) is 0 Å². The summed E-state index contributed by atoms with van der Waals surface area (Å²) in [4.78, 5) is 1.13. The predicted octanol–water partition coefficient (Wildman–Crippen LogP) is 4.46. The van der Waals surface area contributed by atoms with Gasteiger partial charge in [0.15, 0.2) is 0 Å². The number of nitrogens with one attached hydrogen (secondary N) is 1. The van der Waals surface area contributed by atoms with E-state index < -0.39 is 0 Å². The van der Waals surface area contributed by atoms with Crippen molar-refractivity contribution in [2.75, 3.05) is 0 Å². The van der Waals surface area contributed by atoms with Crippen LogP contribution in [0.4, 0.5) is 0 Å². The van der Waals surface area contributed by atoms with Gasteiger partial charge >= 0.3 is 0 Å². The van der Waals surface area contributed by atoms with Gasteiger partial charge in [0.25, 0.3) is 0 Å². The number of thiophene rings is 1. The van der Waals surface area contributed by atoms with E-state index in [0.717, 1.165) is 29.9 Å². The number of rotatable bonds is 4. The van der Waals surface area contributed by atoms with Crippen molar-refractivity contribution in [3.63, 3.8) is 0 Å². The molecule has 0 aliphatic rings. The van der Waals surface area contributed by atoms with Crippen molar-refractivity contribution < 1.29 is 0 Å². The summed E-state index contributed by atoms with van der Waals surface area (Å²) in [5.74, 6) is 0. The van der Waals surface area contributed by atoms with Crippen LogP contribution in [0.1, 0.15) is 31.1 Å². The van der Waals surface area contributed by atoms with E-state index >= 15 is 0 Å². The summed E-state index contributed by atoms with van der Waals surface area (Å²) in [5, 5.41) is 9.24. The van der Waals surface area contributed by atoms with Crippen LogP contribution in [-0.4, -0.2) is 5.71 Å². The second kappa shape index (κ2) is 4.58. The van der Waals surface area contributed by atoms with Gasteiger partial charge in [0, 0.05) is 15.3 Å². The maximum atomic E-state index is 7.98. The van der Waals surface area contributed by atoms with Crippen LogP contribution in [0.3, 0.4) is 0 Å². The average Bonchev–Trinajstić information content (AvgIpc) is 2.69. The largest absolute Gasteiger partial charge is 0.304 e. The second-order valence-electron chi connectivity index (χ2n) is 3.73. The first-order valence-corrected chi connectivity index (χ1v) is 6.19. The molecule has 0 fully saturated rings. The van der Waals surface area contributed by atoms with E-state index in [-0.39, 0.29) is 0 Å². The highest BCUT2D eigenvalue weighted by molar-refractivity contribution is 7.20. The minimum atomic E-state index is 0.790. The monoisotopic (exact) mass is 217 g/mol. The summed E-state index contributed by atoms with van der Waals surface area (Å²) in [5.41, 5.74) is 0.790. The molecule has 78 valence electrons. The Bertz CT molecular complexity index is 437. The SMILES string of the molecule is CCCCC(=N)c1cc2ccccc2s1. The Hall–Kier alpha value is -1.15. The minimum Gasteiger partial charge on any atom is -0.304 e. The zero-order chi connectivity index (χ0) is 10.7. The second-order valence-corrected chi connectivity index (χ2v) is 4.81. The predicted molar refractivity (Wildman–Crippen MR) is 68.2 cm³/mol. The Kier molecular flexibility index (Phi) is 3.17. The lowest BCUT2D eigenvalue weighted by molar-refractivity contribution is 0.834. The summed E-state index contributed by atoms with van der Waals surface area (Å²) in [6.07, 6.45) is 3.18. The smallest absolute Gasteiger partial charge is 0.0490 e. The quantitative estimate of drug-likeness (QED) is 0.731. The summed E-state index contributed by atoms with van der Waals surface area (Å²) in [6, 6.07) is 10.5. The van der Waals surface area contributed by atoms with Gasteiger partial charge in [-0.25, -0.2) is 0 Å². The number of benzene rings is 1. The van der Waals surface area contributed by atoms with Gasteiger partial charge in [0.2, 0.25) is 0 Å². The molecule has 2 rings (SSSR count). The third kappa shape index (κ3) is 2.26. The van der Waals surface area contributed by atoms with Crippen LogP contribution in [-0.2, 0) is 0 Å². The zero-order valence-electron chi connectivity index (χ0n) is 8.92. The van der Waals surface area contributed by atoms with E-state index in [4.69, 9.17) is 5.41 Å². The van der Waals surface area contributed by atoms with Gasteiger partial charge in [-0.3, -0.25) is 0 Å². The van der Waals surface area contributed by atoms with E-state index in [1.807, 2.05) is 0 Å². The van der Waals surface area contributed by atoms with Crippen LogP contribution >= 0.6 is 11.3 Å². The molecule has 1 N–H and O–H groups in total. The van der Waals surface area contributed by atoms with Crippen molar-refractivity contribution in [2.24, 2.45) is 0 Å². The fraction of sp³-hybridized carbons (Fsp3) is 0.308. The Morgan fingerprint density at radius 2 is 2.13 bits per heavy atom. The molecule has 0 bridgehead atoms. The van der Waals surface area contributed by atoms with Crippen LogP contribution in [0.25, 0.3) is 10.1 Å². The first kappa shape index (κ1) is 10.4. The first-order valence-electron chi connectivity index (χ1n) is 5.37. The van der Waals surface area contributed by atoms with Crippen LogP contribution in [0.5, 0.6) is 0 Å². The molecule has 0 spiro atoms. The Labute approximate surface area is 94.3 Å². The van der Waals surface area contributed by atoms with Crippen LogP contribution in [0, 0.1) is 5.41 Å². The first-order chi connectivity index (χ1) is 7.31. The maximum absolute atomic E-state index is 7.98. The van der Waals surface area contributed by atoms with Crippen LogP contribution in [0.15, 0.2) is 30.3 Å². The standard InChI is InChI=1S/C13H15NS/c1-2-3-7-11(14)13-9-10-6-4-5-8-12(10)15-13/h4-6,8-9,14H,2-3,7H2,1H3. The van der Waals surface area contributed by atoms with Gasteiger partial charge in [-0.2, -0.15) is 0 Å². The van der Waals surface area contributed by atoms with Crippen LogP contribution < -0.4 is 0 Å². The zero-order valence-corrected chi connectivity index (χ0v) is 9.73. The average molecular weight is 217 g/mol. The van der Waals surface area contributed by atoms with Crippen molar-refractivity contribution >= 4 is 27.1 Å². The molecule has 0 unspecified atom stereocenters. The normalized spacial score (nSPS) is 10.7. The fourth-order valence-electron chi connectivity index (χ4n) is 1.61. The van der Waals surface area contributed by atoms with E-state index in [0.29, 0.717) is 0 Å². The van der Waals surface area contributed by atoms with Gasteiger partial charge in [0.05, 0.1) is 0 Å². The fourth-order valence-corrected chi connectivity index (χ4v) is 2.65. The van der Waals surface area contributed by atoms with Gasteiger partial charge in [-0.1, -0.05) is 31.5 Å². The molecule has 0 radical (unpaired) electrons. The van der Waals surface area contributed by atoms with Crippen molar-refractivity contribution in [1.82, 2.24) is 0 Å². The van der Waals surface area contributed by atoms with Crippen molar-refractivity contribution in [2.45, 2.75) is 26.2 Å². The molecular weight excluding hydrogens is 202 g/mol. The topological polar surface area (TPSA) is 23.9 Å². The molecule has 1 nitrogen and oxygen atoms in total. The highest BCUT2D eigenvalue weighted by Gasteiger charge is 2.05. The van der Waals surface area contributed by atoms with E-state index in [1.165, 1.54) is 10.1 Å². The summed E-state index contributed by atoms with van der Waals surface area (Å²) < 4.78 is 1.29. The number of fused-ring (bicyclic) bond motifs is 1. The Balaban J connectivity index is 2.25. The molecule has 1 aromatic heterocycles. The Morgan fingerprint density at radius 1 is 1.33 bits per heavy atom. The van der Waals surface area contributed by atoms with E-state index in [2.05, 4.69) is 37.3 Å². The molecule has 15 heavy (non-hydrogen) atoms. The molecule has 0 aliphatic heterocycles. The molecule has 0 amide bonds. The third-order valence-electron chi connectivity index (χ3n) is 2.50. The molecule has 0 saturated heterocycles. The molecule has 1 aromatic carbocycles. The number of hydrogen-bond acceptors (Lipinski definition) is 2. The lowest BCUT2D eigenvalue weighted by Gasteiger charge is -1.97. The minimum absolute atomic E-state index is 0.790.